The summed E-state index contributed by atoms with van der Waals surface area (Å²) < 4.78 is 18.2. The third-order valence-corrected chi connectivity index (χ3v) is 4.11. The quantitative estimate of drug-likeness (QED) is 0.894. The highest BCUT2D eigenvalue weighted by atomic mass is 19.1. The fourth-order valence-electron chi connectivity index (χ4n) is 2.60. The van der Waals surface area contributed by atoms with Crippen LogP contribution in [0, 0.1) is 11.2 Å². The molecule has 1 N–H and O–H groups in total. The van der Waals surface area contributed by atoms with Crippen LogP contribution < -0.4 is 5.32 Å². The van der Waals surface area contributed by atoms with Crippen molar-refractivity contribution in [2.75, 3.05) is 7.11 Å². The predicted octanol–water partition coefficient (Wildman–Crippen LogP) is 2.68. The zero-order chi connectivity index (χ0) is 13.3. The van der Waals surface area contributed by atoms with Crippen molar-refractivity contribution in [3.63, 3.8) is 0 Å². The monoisotopic (exact) mass is 252 g/mol. The van der Waals surface area contributed by atoms with E-state index in [2.05, 4.69) is 31.1 Å². The third kappa shape index (κ3) is 2.40. The van der Waals surface area contributed by atoms with E-state index in [0.717, 1.165) is 12.1 Å². The SMILES string of the molecule is COC1CC(NC(C)c2ccc(F)cn2)C1(C)C. The summed E-state index contributed by atoms with van der Waals surface area (Å²) in [6, 6.07) is 3.70. The molecule has 0 saturated heterocycles. The highest BCUT2D eigenvalue weighted by Crippen LogP contribution is 2.43. The first-order chi connectivity index (χ1) is 8.45. The molecular formula is C14H21FN2O. The van der Waals surface area contributed by atoms with E-state index in [4.69, 9.17) is 4.74 Å². The number of hydrogen-bond acceptors (Lipinski definition) is 3. The molecule has 1 fully saturated rings. The molecule has 1 heterocycles. The average molecular weight is 252 g/mol. The van der Waals surface area contributed by atoms with E-state index in [0.29, 0.717) is 12.1 Å². The van der Waals surface area contributed by atoms with Gasteiger partial charge in [0.25, 0.3) is 0 Å². The molecule has 0 aliphatic heterocycles. The Morgan fingerprint density at radius 2 is 2.22 bits per heavy atom. The van der Waals surface area contributed by atoms with E-state index in [1.165, 1.54) is 12.3 Å². The van der Waals surface area contributed by atoms with Crippen LogP contribution in [0.2, 0.25) is 0 Å². The zero-order valence-electron chi connectivity index (χ0n) is 11.4. The molecule has 3 unspecified atom stereocenters. The normalized spacial score (nSPS) is 27.6. The van der Waals surface area contributed by atoms with E-state index in [1.807, 2.05) is 0 Å². The van der Waals surface area contributed by atoms with Crippen LogP contribution >= 0.6 is 0 Å². The first kappa shape index (κ1) is 13.4. The molecule has 1 aliphatic carbocycles. The number of nitrogens with zero attached hydrogens (tertiary/aromatic N) is 1. The van der Waals surface area contributed by atoms with E-state index in [-0.39, 0.29) is 17.3 Å². The number of ether oxygens (including phenoxy) is 1. The predicted molar refractivity (Wildman–Crippen MR) is 68.7 cm³/mol. The van der Waals surface area contributed by atoms with Gasteiger partial charge in [0, 0.05) is 24.6 Å². The Morgan fingerprint density at radius 3 is 2.72 bits per heavy atom. The van der Waals surface area contributed by atoms with E-state index in [9.17, 15) is 4.39 Å². The fourth-order valence-corrected chi connectivity index (χ4v) is 2.60. The number of hydrogen-bond donors (Lipinski definition) is 1. The Bertz CT molecular complexity index is 405. The minimum Gasteiger partial charge on any atom is -0.381 e. The Balaban J connectivity index is 1.97. The summed E-state index contributed by atoms with van der Waals surface area (Å²) in [4.78, 5) is 4.11. The third-order valence-electron chi connectivity index (χ3n) is 4.11. The second-order valence-corrected chi connectivity index (χ2v) is 5.62. The van der Waals surface area contributed by atoms with Crippen LogP contribution in [-0.2, 0) is 4.74 Å². The maximum atomic E-state index is 12.8. The molecular weight excluding hydrogens is 231 g/mol. The standard InChI is InChI=1S/C14H21FN2O/c1-9(11-6-5-10(15)8-16-11)17-12-7-13(18-4)14(12,2)3/h5-6,8-9,12-13,17H,7H2,1-4H3. The minimum atomic E-state index is -0.297. The van der Waals surface area contributed by atoms with Gasteiger partial charge < -0.3 is 10.1 Å². The van der Waals surface area contributed by atoms with Crippen LogP contribution in [0.3, 0.4) is 0 Å². The van der Waals surface area contributed by atoms with Crippen LogP contribution in [0.15, 0.2) is 18.3 Å². The average Bonchev–Trinajstić information content (AvgIpc) is 2.34. The molecule has 0 radical (unpaired) electrons. The molecule has 2 rings (SSSR count). The Labute approximate surface area is 108 Å². The summed E-state index contributed by atoms with van der Waals surface area (Å²) >= 11 is 0. The Hall–Kier alpha value is -1.00. The molecule has 3 nitrogen and oxygen atoms in total. The van der Waals surface area contributed by atoms with Crippen molar-refractivity contribution >= 4 is 0 Å². The van der Waals surface area contributed by atoms with Gasteiger partial charge in [-0.05, 0) is 25.5 Å². The van der Waals surface area contributed by atoms with E-state index >= 15 is 0 Å². The number of aromatic nitrogens is 1. The van der Waals surface area contributed by atoms with Crippen molar-refractivity contribution in [2.24, 2.45) is 5.41 Å². The maximum Gasteiger partial charge on any atom is 0.141 e. The van der Waals surface area contributed by atoms with Crippen molar-refractivity contribution in [1.82, 2.24) is 10.3 Å². The second-order valence-electron chi connectivity index (χ2n) is 5.62. The summed E-state index contributed by atoms with van der Waals surface area (Å²) in [5.74, 6) is -0.297. The van der Waals surface area contributed by atoms with Crippen molar-refractivity contribution < 1.29 is 9.13 Å². The molecule has 1 aromatic rings. The topological polar surface area (TPSA) is 34.1 Å². The van der Waals surface area contributed by atoms with Gasteiger partial charge in [-0.15, -0.1) is 0 Å². The molecule has 4 heteroatoms. The summed E-state index contributed by atoms with van der Waals surface area (Å²) in [7, 11) is 1.76. The van der Waals surface area contributed by atoms with Crippen molar-refractivity contribution in [2.45, 2.75) is 45.4 Å². The summed E-state index contributed by atoms with van der Waals surface area (Å²) in [6.07, 6.45) is 2.58. The molecule has 0 spiro atoms. The molecule has 1 aromatic heterocycles. The van der Waals surface area contributed by atoms with Crippen molar-refractivity contribution in [1.29, 1.82) is 0 Å². The summed E-state index contributed by atoms with van der Waals surface area (Å²) in [5.41, 5.74) is 0.997. The molecule has 18 heavy (non-hydrogen) atoms. The molecule has 3 atom stereocenters. The number of halogens is 1. The lowest BCUT2D eigenvalue weighted by atomic mass is 9.64. The lowest BCUT2D eigenvalue weighted by molar-refractivity contribution is -0.1000. The molecule has 0 bridgehead atoms. The first-order valence-corrected chi connectivity index (χ1v) is 6.35. The summed E-state index contributed by atoms with van der Waals surface area (Å²) in [5, 5.41) is 3.54. The highest BCUT2D eigenvalue weighted by Gasteiger charge is 2.48. The fraction of sp³-hybridized carbons (Fsp3) is 0.643. The van der Waals surface area contributed by atoms with Crippen LogP contribution in [0.1, 0.15) is 38.9 Å². The van der Waals surface area contributed by atoms with Gasteiger partial charge >= 0.3 is 0 Å². The number of rotatable bonds is 4. The number of nitrogens with one attached hydrogen (secondary N) is 1. The van der Waals surface area contributed by atoms with Crippen LogP contribution in [-0.4, -0.2) is 24.2 Å². The van der Waals surface area contributed by atoms with Crippen molar-refractivity contribution in [3.05, 3.63) is 29.8 Å². The van der Waals surface area contributed by atoms with Crippen LogP contribution in [0.4, 0.5) is 4.39 Å². The lowest BCUT2D eigenvalue weighted by Crippen LogP contribution is -2.61. The minimum absolute atomic E-state index is 0.118. The van der Waals surface area contributed by atoms with E-state index < -0.39 is 0 Å². The van der Waals surface area contributed by atoms with E-state index in [1.54, 1.807) is 13.2 Å². The summed E-state index contributed by atoms with van der Waals surface area (Å²) in [6.45, 7) is 6.46. The zero-order valence-corrected chi connectivity index (χ0v) is 11.4. The molecule has 0 amide bonds. The van der Waals surface area contributed by atoms with Gasteiger partial charge in [0.15, 0.2) is 0 Å². The second kappa shape index (κ2) is 4.94. The Morgan fingerprint density at radius 1 is 1.50 bits per heavy atom. The van der Waals surface area contributed by atoms with Crippen LogP contribution in [0.5, 0.6) is 0 Å². The molecule has 1 saturated carbocycles. The molecule has 100 valence electrons. The molecule has 1 aliphatic rings. The van der Waals surface area contributed by atoms with Gasteiger partial charge in [-0.2, -0.15) is 0 Å². The number of methoxy groups -OCH3 is 1. The lowest BCUT2D eigenvalue weighted by Gasteiger charge is -2.52. The van der Waals surface area contributed by atoms with Crippen molar-refractivity contribution in [3.8, 4) is 0 Å². The highest BCUT2D eigenvalue weighted by molar-refractivity contribution is 5.11. The Kier molecular flexibility index (Phi) is 3.69. The largest absolute Gasteiger partial charge is 0.381 e. The van der Waals surface area contributed by atoms with Gasteiger partial charge in [0.05, 0.1) is 18.0 Å². The first-order valence-electron chi connectivity index (χ1n) is 6.35. The van der Waals surface area contributed by atoms with Gasteiger partial charge in [0.2, 0.25) is 0 Å². The van der Waals surface area contributed by atoms with Gasteiger partial charge in [-0.1, -0.05) is 13.8 Å². The van der Waals surface area contributed by atoms with Crippen LogP contribution in [0.25, 0.3) is 0 Å². The van der Waals surface area contributed by atoms with Gasteiger partial charge in [-0.3, -0.25) is 4.98 Å². The smallest absolute Gasteiger partial charge is 0.141 e. The maximum absolute atomic E-state index is 12.8. The number of pyridine rings is 1. The van der Waals surface area contributed by atoms with Gasteiger partial charge in [-0.25, -0.2) is 4.39 Å². The van der Waals surface area contributed by atoms with Gasteiger partial charge in [0.1, 0.15) is 5.82 Å². The molecule has 0 aromatic carbocycles.